The molecule has 1 unspecified atom stereocenters. The number of nitriles is 1. The summed E-state index contributed by atoms with van der Waals surface area (Å²) in [6.07, 6.45) is 3.20. The summed E-state index contributed by atoms with van der Waals surface area (Å²) in [6, 6.07) is 51.7. The fraction of sp³-hybridized carbons (Fsp3) is 0.136. The molecule has 6 rings (SSSR count). The van der Waals surface area contributed by atoms with Crippen molar-refractivity contribution in [2.24, 2.45) is 5.92 Å². The number of phenols is 1. The Labute approximate surface area is 293 Å². The Bertz CT molecular complexity index is 1910. The number of phenolic OH excluding ortho intramolecular Hbond substituents is 1. The van der Waals surface area contributed by atoms with Gasteiger partial charge in [-0.1, -0.05) is 84.9 Å². The minimum absolute atomic E-state index is 0.00557. The number of para-hydroxylation sites is 1. The van der Waals surface area contributed by atoms with Crippen molar-refractivity contribution in [3.05, 3.63) is 191 Å². The smallest absolute Gasteiger partial charge is 0.129 e. The van der Waals surface area contributed by atoms with Crippen molar-refractivity contribution in [1.29, 1.82) is 5.26 Å². The minimum Gasteiger partial charge on any atom is -0.508 e. The standard InChI is InChI=1S/C25H21OP.C19H17F2NO/c26-25-19-11-10-12-21(25)20-27(22-13-4-1-5-14-22,23-15-6-2-7-16-23)24-17-8-3-9-18-24;1-13-18(20)9-17(10-19(13)21)8-16(12-23)7-4-14-2-5-15(11-22)6-3-14/h1-19H,20H2;2-3,5-6,9-10,12,16H,4,7-8H2,1H3/p+1. The molecule has 50 heavy (non-hydrogen) atoms. The number of benzene rings is 6. The molecule has 1 N–H and O–H groups in total. The number of halogens is 2. The first kappa shape index (κ1) is 35.9. The predicted octanol–water partition coefficient (Wildman–Crippen LogP) is 9.02. The maximum absolute atomic E-state index is 13.6. The van der Waals surface area contributed by atoms with Gasteiger partial charge < -0.3 is 9.90 Å². The van der Waals surface area contributed by atoms with Crippen LogP contribution in [0.1, 0.15) is 34.2 Å². The summed E-state index contributed by atoms with van der Waals surface area (Å²) in [6.45, 7) is 1.39. The van der Waals surface area contributed by atoms with Crippen molar-refractivity contribution < 1.29 is 18.7 Å². The van der Waals surface area contributed by atoms with Crippen LogP contribution in [0.3, 0.4) is 0 Å². The summed E-state index contributed by atoms with van der Waals surface area (Å²) in [5, 5.41) is 23.3. The van der Waals surface area contributed by atoms with Gasteiger partial charge in [-0.2, -0.15) is 5.26 Å². The van der Waals surface area contributed by atoms with Crippen LogP contribution < -0.4 is 15.9 Å². The van der Waals surface area contributed by atoms with Gasteiger partial charge in [-0.3, -0.25) is 0 Å². The summed E-state index contributed by atoms with van der Waals surface area (Å²) in [7, 11) is -1.96. The van der Waals surface area contributed by atoms with Gasteiger partial charge in [-0.05, 0) is 104 Å². The van der Waals surface area contributed by atoms with E-state index in [2.05, 4.69) is 97.1 Å². The van der Waals surface area contributed by atoms with Crippen molar-refractivity contribution in [3.63, 3.8) is 0 Å². The lowest BCUT2D eigenvalue weighted by Gasteiger charge is -2.28. The average Bonchev–Trinajstić information content (AvgIpc) is 3.16. The van der Waals surface area contributed by atoms with Crippen LogP contribution in [0.5, 0.6) is 5.75 Å². The van der Waals surface area contributed by atoms with E-state index >= 15 is 0 Å². The van der Waals surface area contributed by atoms with Gasteiger partial charge in [0.25, 0.3) is 0 Å². The molecule has 6 aromatic rings. The Morgan fingerprint density at radius 2 is 1.18 bits per heavy atom. The van der Waals surface area contributed by atoms with Crippen LogP contribution in [-0.4, -0.2) is 11.4 Å². The fourth-order valence-electron chi connectivity index (χ4n) is 6.10. The number of hydrogen-bond acceptors (Lipinski definition) is 3. The molecule has 0 fully saturated rings. The normalized spacial score (nSPS) is 11.5. The number of carbonyl (C=O) groups excluding carboxylic acids is 1. The maximum Gasteiger partial charge on any atom is 0.129 e. The Balaban J connectivity index is 0.000000197. The number of hydrogen-bond donors (Lipinski definition) is 1. The van der Waals surface area contributed by atoms with Crippen molar-refractivity contribution in [2.45, 2.75) is 32.3 Å². The molecule has 6 heteroatoms. The SMILES string of the molecule is Cc1c(F)cc(CC(C=O)CCc2ccc(C#N)cc2)cc1F.Oc1ccccc1C[P+](c1ccccc1)(c1ccccc1)c1ccccc1. The van der Waals surface area contributed by atoms with Gasteiger partial charge in [0, 0.05) is 17.0 Å². The first-order chi connectivity index (χ1) is 24.3. The molecule has 1 atom stereocenters. The molecule has 0 aromatic heterocycles. The summed E-state index contributed by atoms with van der Waals surface area (Å²) >= 11 is 0. The second kappa shape index (κ2) is 17.3. The van der Waals surface area contributed by atoms with Crippen molar-refractivity contribution >= 4 is 29.5 Å². The monoisotopic (exact) mass is 682 g/mol. The van der Waals surface area contributed by atoms with Crippen molar-refractivity contribution in [3.8, 4) is 11.8 Å². The van der Waals surface area contributed by atoms with E-state index in [4.69, 9.17) is 5.26 Å². The third-order valence-electron chi connectivity index (χ3n) is 8.91. The molecule has 3 nitrogen and oxygen atoms in total. The number of carbonyl (C=O) groups is 1. The van der Waals surface area contributed by atoms with Gasteiger partial charge in [0.2, 0.25) is 0 Å². The van der Waals surface area contributed by atoms with Crippen molar-refractivity contribution in [1.82, 2.24) is 0 Å². The molecule has 0 radical (unpaired) electrons. The number of aryl methyl sites for hydroxylation is 1. The molecule has 0 heterocycles. The summed E-state index contributed by atoms with van der Waals surface area (Å²) in [4.78, 5) is 11.2. The van der Waals surface area contributed by atoms with E-state index in [9.17, 15) is 18.7 Å². The lowest BCUT2D eigenvalue weighted by molar-refractivity contribution is -0.111. The van der Waals surface area contributed by atoms with E-state index in [0.29, 0.717) is 36.1 Å². The zero-order valence-electron chi connectivity index (χ0n) is 27.9. The maximum atomic E-state index is 13.6. The van der Waals surface area contributed by atoms with E-state index < -0.39 is 18.9 Å². The van der Waals surface area contributed by atoms with Crippen LogP contribution in [0.15, 0.2) is 152 Å². The van der Waals surface area contributed by atoms with E-state index in [1.807, 2.05) is 30.3 Å². The topological polar surface area (TPSA) is 61.1 Å². The lowest BCUT2D eigenvalue weighted by atomic mass is 9.93. The van der Waals surface area contributed by atoms with Crippen LogP contribution in [-0.2, 0) is 23.8 Å². The highest BCUT2D eigenvalue weighted by Gasteiger charge is 2.45. The van der Waals surface area contributed by atoms with Gasteiger partial charge in [-0.25, -0.2) is 8.78 Å². The second-order valence-corrected chi connectivity index (χ2v) is 15.7. The Morgan fingerprint density at radius 3 is 1.64 bits per heavy atom. The van der Waals surface area contributed by atoms with Crippen LogP contribution in [0.2, 0.25) is 0 Å². The van der Waals surface area contributed by atoms with E-state index in [1.165, 1.54) is 35.0 Å². The summed E-state index contributed by atoms with van der Waals surface area (Å²) < 4.78 is 27.1. The third kappa shape index (κ3) is 8.77. The average molecular weight is 683 g/mol. The summed E-state index contributed by atoms with van der Waals surface area (Å²) in [5.74, 6) is -1.11. The number of rotatable bonds is 11. The zero-order chi connectivity index (χ0) is 35.3. The molecule has 6 aromatic carbocycles. The van der Waals surface area contributed by atoms with Gasteiger partial charge in [0.1, 0.15) is 53.0 Å². The number of aldehydes is 1. The number of nitrogens with zero attached hydrogens (tertiary/aromatic N) is 1. The Kier molecular flexibility index (Phi) is 12.4. The Hall–Kier alpha value is -5.43. The molecule has 0 saturated carbocycles. The van der Waals surface area contributed by atoms with Gasteiger partial charge >= 0.3 is 0 Å². The van der Waals surface area contributed by atoms with Crippen LogP contribution in [0, 0.1) is 35.8 Å². The highest BCUT2D eigenvalue weighted by molar-refractivity contribution is 7.95. The number of aromatic hydroxyl groups is 1. The molecular formula is C44H39F2NO2P+. The molecule has 0 aliphatic carbocycles. The van der Waals surface area contributed by atoms with E-state index in [-0.39, 0.29) is 11.5 Å². The molecule has 0 amide bonds. The van der Waals surface area contributed by atoms with Gasteiger partial charge in [0.15, 0.2) is 0 Å². The molecule has 0 aliphatic heterocycles. The zero-order valence-corrected chi connectivity index (χ0v) is 28.8. The van der Waals surface area contributed by atoms with Crippen molar-refractivity contribution in [2.75, 3.05) is 0 Å². The lowest BCUT2D eigenvalue weighted by Crippen LogP contribution is -2.32. The van der Waals surface area contributed by atoms with Crippen LogP contribution in [0.25, 0.3) is 0 Å². The molecule has 250 valence electrons. The second-order valence-electron chi connectivity index (χ2n) is 12.2. The quantitative estimate of drug-likeness (QED) is 0.110. The fourth-order valence-corrected chi connectivity index (χ4v) is 10.4. The molecule has 0 saturated heterocycles. The van der Waals surface area contributed by atoms with Gasteiger partial charge in [0.05, 0.1) is 11.6 Å². The first-order valence-corrected chi connectivity index (χ1v) is 18.5. The Morgan fingerprint density at radius 1 is 0.700 bits per heavy atom. The van der Waals surface area contributed by atoms with Crippen LogP contribution >= 0.6 is 7.26 Å². The van der Waals surface area contributed by atoms with E-state index in [0.717, 1.165) is 23.6 Å². The molecule has 0 bridgehead atoms. The minimum atomic E-state index is -1.96. The largest absolute Gasteiger partial charge is 0.508 e. The first-order valence-electron chi connectivity index (χ1n) is 16.5. The summed E-state index contributed by atoms with van der Waals surface area (Å²) in [5.41, 5.74) is 3.09. The highest BCUT2D eigenvalue weighted by atomic mass is 31.2. The third-order valence-corrected chi connectivity index (χ3v) is 13.3. The molecule has 0 aliphatic rings. The van der Waals surface area contributed by atoms with E-state index in [1.54, 1.807) is 18.2 Å². The van der Waals surface area contributed by atoms with Crippen LogP contribution in [0.4, 0.5) is 8.78 Å². The predicted molar refractivity (Wildman–Crippen MR) is 201 cm³/mol. The molecule has 0 spiro atoms. The molecular weight excluding hydrogens is 643 g/mol. The highest BCUT2D eigenvalue weighted by Crippen LogP contribution is 2.58. The van der Waals surface area contributed by atoms with Gasteiger partial charge in [-0.15, -0.1) is 0 Å².